The maximum atomic E-state index is 3.68. The third-order valence-electron chi connectivity index (χ3n) is 6.22. The van der Waals surface area contributed by atoms with Crippen LogP contribution in [0.3, 0.4) is 0 Å². The Bertz CT molecular complexity index is 616. The van der Waals surface area contributed by atoms with Crippen molar-refractivity contribution in [2.75, 3.05) is 19.6 Å². The van der Waals surface area contributed by atoms with Gasteiger partial charge < -0.3 is 10.2 Å². The molecule has 1 aliphatic heterocycles. The lowest BCUT2D eigenvalue weighted by atomic mass is 9.65. The van der Waals surface area contributed by atoms with Crippen LogP contribution in [0.4, 0.5) is 0 Å². The highest BCUT2D eigenvalue weighted by Crippen LogP contribution is 2.44. The van der Waals surface area contributed by atoms with E-state index in [9.17, 15) is 0 Å². The van der Waals surface area contributed by atoms with Crippen molar-refractivity contribution >= 4 is 0 Å². The molecule has 2 nitrogen and oxygen atoms in total. The molecule has 158 valence electrons. The SMILES string of the molecule is C=C(C)NC(C)C.CC(C)(C)CCN1CCC2(CCCc3ccccc32)CC1. The van der Waals surface area contributed by atoms with Crippen molar-refractivity contribution in [2.24, 2.45) is 5.41 Å². The van der Waals surface area contributed by atoms with Crippen molar-refractivity contribution in [1.82, 2.24) is 10.2 Å². The number of likely N-dealkylation sites (tertiary alicyclic amines) is 1. The maximum Gasteiger partial charge on any atom is 0.0201 e. The molecule has 1 spiro atoms. The van der Waals surface area contributed by atoms with Crippen LogP contribution < -0.4 is 5.32 Å². The maximum absolute atomic E-state index is 3.68. The Morgan fingerprint density at radius 2 is 1.79 bits per heavy atom. The Morgan fingerprint density at radius 1 is 1.14 bits per heavy atom. The molecule has 1 saturated heterocycles. The molecule has 1 N–H and O–H groups in total. The van der Waals surface area contributed by atoms with Gasteiger partial charge in [-0.3, -0.25) is 0 Å². The number of piperidine rings is 1. The highest BCUT2D eigenvalue weighted by Gasteiger charge is 2.38. The Hall–Kier alpha value is -1.28. The lowest BCUT2D eigenvalue weighted by Crippen LogP contribution is -2.45. The molecule has 2 aliphatic rings. The molecule has 0 atom stereocenters. The summed E-state index contributed by atoms with van der Waals surface area (Å²) in [6, 6.07) is 9.77. The number of fused-ring (bicyclic) bond motifs is 2. The first-order valence-corrected chi connectivity index (χ1v) is 11.3. The highest BCUT2D eigenvalue weighted by molar-refractivity contribution is 5.37. The number of hydrogen-bond acceptors (Lipinski definition) is 2. The number of allylic oxidation sites excluding steroid dienone is 1. The minimum atomic E-state index is 0.465. The van der Waals surface area contributed by atoms with E-state index in [4.69, 9.17) is 0 Å². The largest absolute Gasteiger partial charge is 0.387 e. The fourth-order valence-corrected chi connectivity index (χ4v) is 4.72. The zero-order valence-electron chi connectivity index (χ0n) is 19.4. The Labute approximate surface area is 174 Å². The standard InChI is InChI=1S/C20H31N.C6H13N/c1-19(2,3)11-14-21-15-12-20(13-16-21)10-6-8-17-7-4-5-9-18(17)20;1-5(2)7-6(3)4/h4-5,7,9H,6,8,10-16H2,1-3H3;6-7H,1H2,2-4H3. The first kappa shape index (κ1) is 23.0. The second-order valence-electron chi connectivity index (χ2n) is 10.5. The molecule has 0 radical (unpaired) electrons. The van der Waals surface area contributed by atoms with Crippen molar-refractivity contribution in [1.29, 1.82) is 0 Å². The van der Waals surface area contributed by atoms with Gasteiger partial charge in [0.15, 0.2) is 0 Å². The van der Waals surface area contributed by atoms with E-state index in [0.717, 1.165) is 5.70 Å². The number of hydrogen-bond donors (Lipinski definition) is 1. The van der Waals surface area contributed by atoms with E-state index in [1.807, 2.05) is 6.92 Å². The summed E-state index contributed by atoms with van der Waals surface area (Å²) >= 11 is 0. The van der Waals surface area contributed by atoms with Crippen LogP contribution in [0.25, 0.3) is 0 Å². The van der Waals surface area contributed by atoms with Gasteiger partial charge in [0.25, 0.3) is 0 Å². The van der Waals surface area contributed by atoms with E-state index >= 15 is 0 Å². The zero-order chi connectivity index (χ0) is 20.8. The molecule has 28 heavy (non-hydrogen) atoms. The molecule has 0 aromatic heterocycles. The molecule has 2 heteroatoms. The van der Waals surface area contributed by atoms with Crippen LogP contribution in [0, 0.1) is 5.41 Å². The summed E-state index contributed by atoms with van der Waals surface area (Å²) < 4.78 is 0. The van der Waals surface area contributed by atoms with Crippen LogP contribution in [0.1, 0.15) is 84.8 Å². The smallest absolute Gasteiger partial charge is 0.0201 e. The van der Waals surface area contributed by atoms with E-state index < -0.39 is 0 Å². The topological polar surface area (TPSA) is 15.3 Å². The second kappa shape index (κ2) is 9.96. The summed E-state index contributed by atoms with van der Waals surface area (Å²) in [5.74, 6) is 0. The van der Waals surface area contributed by atoms with Gasteiger partial charge in [0.2, 0.25) is 0 Å². The lowest BCUT2D eigenvalue weighted by molar-refractivity contribution is 0.132. The van der Waals surface area contributed by atoms with E-state index in [2.05, 4.69) is 75.7 Å². The quantitative estimate of drug-likeness (QED) is 0.654. The fourth-order valence-electron chi connectivity index (χ4n) is 4.72. The van der Waals surface area contributed by atoms with Crippen LogP contribution in [-0.4, -0.2) is 30.6 Å². The molecular formula is C26H44N2. The summed E-state index contributed by atoms with van der Waals surface area (Å²) in [4.78, 5) is 2.70. The monoisotopic (exact) mass is 384 g/mol. The summed E-state index contributed by atoms with van der Waals surface area (Å²) in [6.07, 6.45) is 8.15. The van der Waals surface area contributed by atoms with Gasteiger partial charge >= 0.3 is 0 Å². The Kier molecular flexibility index (Phi) is 8.18. The van der Waals surface area contributed by atoms with Crippen LogP contribution in [-0.2, 0) is 11.8 Å². The zero-order valence-corrected chi connectivity index (χ0v) is 19.4. The second-order valence-corrected chi connectivity index (χ2v) is 10.5. The van der Waals surface area contributed by atoms with Crippen molar-refractivity contribution < 1.29 is 0 Å². The average molecular weight is 385 g/mol. The van der Waals surface area contributed by atoms with Gasteiger partial charge in [-0.15, -0.1) is 0 Å². The van der Waals surface area contributed by atoms with Gasteiger partial charge in [-0.25, -0.2) is 0 Å². The molecular weight excluding hydrogens is 340 g/mol. The third kappa shape index (κ3) is 6.95. The predicted octanol–water partition coefficient (Wildman–Crippen LogP) is 6.31. The third-order valence-corrected chi connectivity index (χ3v) is 6.22. The van der Waals surface area contributed by atoms with Crippen LogP contribution in [0.5, 0.6) is 0 Å². The summed E-state index contributed by atoms with van der Waals surface area (Å²) in [7, 11) is 0. The number of nitrogens with one attached hydrogen (secondary N) is 1. The van der Waals surface area contributed by atoms with Gasteiger partial charge in [0.1, 0.15) is 0 Å². The summed E-state index contributed by atoms with van der Waals surface area (Å²) in [6.45, 7) is 20.8. The van der Waals surface area contributed by atoms with Gasteiger partial charge in [-0.2, -0.15) is 0 Å². The van der Waals surface area contributed by atoms with Crippen LogP contribution in [0.2, 0.25) is 0 Å². The molecule has 3 rings (SSSR count). The normalized spacial score (nSPS) is 19.0. The molecule has 0 bridgehead atoms. The van der Waals surface area contributed by atoms with Crippen molar-refractivity contribution in [2.45, 2.75) is 91.5 Å². The van der Waals surface area contributed by atoms with Gasteiger partial charge in [-0.05, 0) is 101 Å². The fraction of sp³-hybridized carbons (Fsp3) is 0.692. The molecule has 1 aromatic rings. The van der Waals surface area contributed by atoms with E-state index in [1.54, 1.807) is 11.1 Å². The summed E-state index contributed by atoms with van der Waals surface area (Å²) in [5.41, 5.74) is 5.33. The van der Waals surface area contributed by atoms with E-state index in [-0.39, 0.29) is 0 Å². The molecule has 1 heterocycles. The first-order valence-electron chi connectivity index (χ1n) is 11.3. The molecule has 1 fully saturated rings. The molecule has 0 unspecified atom stereocenters. The summed E-state index contributed by atoms with van der Waals surface area (Å²) in [5, 5.41) is 3.11. The van der Waals surface area contributed by atoms with Gasteiger partial charge in [0, 0.05) is 11.7 Å². The molecule has 0 saturated carbocycles. The van der Waals surface area contributed by atoms with Crippen LogP contribution in [0.15, 0.2) is 36.5 Å². The van der Waals surface area contributed by atoms with Crippen LogP contribution >= 0.6 is 0 Å². The van der Waals surface area contributed by atoms with Crippen molar-refractivity contribution in [3.8, 4) is 0 Å². The van der Waals surface area contributed by atoms with E-state index in [1.165, 1.54) is 58.2 Å². The van der Waals surface area contributed by atoms with Gasteiger partial charge in [-0.1, -0.05) is 51.6 Å². The number of nitrogens with zero attached hydrogens (tertiary/aromatic N) is 1. The van der Waals surface area contributed by atoms with Gasteiger partial charge in [0.05, 0.1) is 0 Å². The number of benzene rings is 1. The number of aryl methyl sites for hydroxylation is 1. The van der Waals surface area contributed by atoms with Crippen molar-refractivity contribution in [3.63, 3.8) is 0 Å². The lowest BCUT2D eigenvalue weighted by Gasteiger charge is -2.46. The average Bonchev–Trinajstić information content (AvgIpc) is 2.60. The Balaban J connectivity index is 0.000000345. The molecule has 1 aliphatic carbocycles. The predicted molar refractivity (Wildman–Crippen MR) is 124 cm³/mol. The number of rotatable bonds is 4. The molecule has 1 aromatic carbocycles. The Morgan fingerprint density at radius 3 is 2.32 bits per heavy atom. The van der Waals surface area contributed by atoms with Crippen molar-refractivity contribution in [3.05, 3.63) is 47.7 Å². The minimum absolute atomic E-state index is 0.465. The minimum Gasteiger partial charge on any atom is -0.387 e. The van der Waals surface area contributed by atoms with E-state index in [0.29, 0.717) is 16.9 Å². The highest BCUT2D eigenvalue weighted by atomic mass is 15.1. The first-order chi connectivity index (χ1) is 13.1. The molecule has 0 amide bonds.